The molecule has 1 heterocycles. The summed E-state index contributed by atoms with van der Waals surface area (Å²) in [5.74, 6) is -0.0311. The number of carbonyl (C=O) groups excluding carboxylic acids is 1. The van der Waals surface area contributed by atoms with Crippen molar-refractivity contribution in [3.8, 4) is 0 Å². The van der Waals surface area contributed by atoms with Crippen LogP contribution in [-0.4, -0.2) is 43.2 Å². The lowest BCUT2D eigenvalue weighted by Crippen LogP contribution is -2.41. The molecule has 7 nitrogen and oxygen atoms in total. The Bertz CT molecular complexity index is 503. The van der Waals surface area contributed by atoms with E-state index in [2.05, 4.69) is 10.6 Å². The van der Waals surface area contributed by atoms with Crippen molar-refractivity contribution in [2.45, 2.75) is 25.0 Å². The summed E-state index contributed by atoms with van der Waals surface area (Å²) in [6.07, 6.45) is 1.42. The van der Waals surface area contributed by atoms with E-state index >= 15 is 0 Å². The van der Waals surface area contributed by atoms with E-state index in [1.54, 1.807) is 19.2 Å². The highest BCUT2D eigenvalue weighted by atomic mass is 16.6. The van der Waals surface area contributed by atoms with Crippen molar-refractivity contribution in [3.63, 3.8) is 0 Å². The monoisotopic (exact) mass is 293 g/mol. The summed E-state index contributed by atoms with van der Waals surface area (Å²) in [7, 11) is 1.64. The molecule has 1 aliphatic heterocycles. The smallest absolute Gasteiger partial charge is 0.269 e. The van der Waals surface area contributed by atoms with Gasteiger partial charge in [-0.05, 0) is 18.4 Å². The molecule has 7 heteroatoms. The molecule has 0 radical (unpaired) electrons. The minimum absolute atomic E-state index is 0.0311. The van der Waals surface area contributed by atoms with Gasteiger partial charge in [-0.2, -0.15) is 0 Å². The van der Waals surface area contributed by atoms with Crippen LogP contribution in [0.1, 0.15) is 12.0 Å². The van der Waals surface area contributed by atoms with Gasteiger partial charge in [0.05, 0.1) is 17.1 Å². The standard InChI is InChI=1S/C14H19N3O4/c1-21-12-8-13(16-9-12)14(18)15-7-6-10-2-4-11(5-3-10)17(19)20/h2-5,12-13,16H,6-9H2,1H3,(H,15,18). The molecule has 0 aromatic heterocycles. The average molecular weight is 293 g/mol. The van der Waals surface area contributed by atoms with E-state index in [4.69, 9.17) is 4.74 Å². The van der Waals surface area contributed by atoms with E-state index in [9.17, 15) is 14.9 Å². The number of amides is 1. The highest BCUT2D eigenvalue weighted by molar-refractivity contribution is 5.82. The zero-order valence-electron chi connectivity index (χ0n) is 11.9. The first-order valence-electron chi connectivity index (χ1n) is 6.87. The van der Waals surface area contributed by atoms with E-state index in [1.165, 1.54) is 12.1 Å². The molecule has 0 aliphatic carbocycles. The highest BCUT2D eigenvalue weighted by Gasteiger charge is 2.28. The Hall–Kier alpha value is -1.99. The van der Waals surface area contributed by atoms with Gasteiger partial charge in [-0.25, -0.2) is 0 Å². The second-order valence-electron chi connectivity index (χ2n) is 5.02. The van der Waals surface area contributed by atoms with E-state index < -0.39 is 4.92 Å². The average Bonchev–Trinajstić information content (AvgIpc) is 2.96. The van der Waals surface area contributed by atoms with Crippen LogP contribution in [0.15, 0.2) is 24.3 Å². The Labute approximate surface area is 122 Å². The van der Waals surface area contributed by atoms with Crippen molar-refractivity contribution < 1.29 is 14.5 Å². The number of nitrogens with one attached hydrogen (secondary N) is 2. The maximum atomic E-state index is 11.9. The predicted molar refractivity (Wildman–Crippen MR) is 77.0 cm³/mol. The Balaban J connectivity index is 1.74. The van der Waals surface area contributed by atoms with Crippen molar-refractivity contribution in [1.82, 2.24) is 10.6 Å². The van der Waals surface area contributed by atoms with Crippen LogP contribution in [0.4, 0.5) is 5.69 Å². The number of methoxy groups -OCH3 is 1. The maximum Gasteiger partial charge on any atom is 0.269 e. The van der Waals surface area contributed by atoms with Gasteiger partial charge in [-0.15, -0.1) is 0 Å². The second kappa shape index (κ2) is 7.14. The SMILES string of the molecule is COC1CNC(C(=O)NCCc2ccc([N+](=O)[O-])cc2)C1. The summed E-state index contributed by atoms with van der Waals surface area (Å²) in [6.45, 7) is 1.20. The van der Waals surface area contributed by atoms with Crippen LogP contribution in [0.5, 0.6) is 0 Å². The third-order valence-electron chi connectivity index (χ3n) is 3.60. The van der Waals surface area contributed by atoms with E-state index in [0.717, 1.165) is 5.56 Å². The predicted octanol–water partition coefficient (Wildman–Crippen LogP) is 0.630. The number of carbonyl (C=O) groups is 1. The zero-order valence-corrected chi connectivity index (χ0v) is 11.9. The van der Waals surface area contributed by atoms with Gasteiger partial charge in [0.1, 0.15) is 0 Å². The van der Waals surface area contributed by atoms with Gasteiger partial charge >= 0.3 is 0 Å². The molecule has 1 aromatic rings. The topological polar surface area (TPSA) is 93.5 Å². The lowest BCUT2D eigenvalue weighted by atomic mass is 10.1. The number of hydrogen-bond acceptors (Lipinski definition) is 5. The molecule has 2 N–H and O–H groups in total. The largest absolute Gasteiger partial charge is 0.380 e. The summed E-state index contributed by atoms with van der Waals surface area (Å²) in [4.78, 5) is 22.0. The van der Waals surface area contributed by atoms with Crippen LogP contribution in [0.2, 0.25) is 0 Å². The normalized spacial score (nSPS) is 21.2. The van der Waals surface area contributed by atoms with E-state index in [-0.39, 0.29) is 23.7 Å². The minimum atomic E-state index is -0.427. The lowest BCUT2D eigenvalue weighted by molar-refractivity contribution is -0.384. The molecule has 0 saturated carbocycles. The van der Waals surface area contributed by atoms with Crippen LogP contribution >= 0.6 is 0 Å². The fourth-order valence-corrected chi connectivity index (χ4v) is 2.32. The summed E-state index contributed by atoms with van der Waals surface area (Å²) in [5, 5.41) is 16.5. The number of hydrogen-bond donors (Lipinski definition) is 2. The molecule has 1 aromatic carbocycles. The van der Waals surface area contributed by atoms with Gasteiger partial charge in [0.25, 0.3) is 5.69 Å². The third kappa shape index (κ3) is 4.24. The Morgan fingerprint density at radius 1 is 1.48 bits per heavy atom. The van der Waals surface area contributed by atoms with Gasteiger partial charge in [-0.1, -0.05) is 12.1 Å². The third-order valence-corrected chi connectivity index (χ3v) is 3.60. The number of nitro benzene ring substituents is 1. The van der Waals surface area contributed by atoms with Crippen molar-refractivity contribution in [2.24, 2.45) is 0 Å². The lowest BCUT2D eigenvalue weighted by Gasteiger charge is -2.11. The van der Waals surface area contributed by atoms with Crippen LogP contribution in [0.3, 0.4) is 0 Å². The number of benzene rings is 1. The molecule has 2 rings (SSSR count). The molecule has 1 amide bonds. The van der Waals surface area contributed by atoms with E-state index in [1.807, 2.05) is 0 Å². The van der Waals surface area contributed by atoms with Gasteiger partial charge in [0.15, 0.2) is 0 Å². The van der Waals surface area contributed by atoms with Crippen LogP contribution in [0.25, 0.3) is 0 Å². The summed E-state index contributed by atoms with van der Waals surface area (Å²) in [5.41, 5.74) is 1.03. The number of nitro groups is 1. The molecule has 21 heavy (non-hydrogen) atoms. The molecule has 1 saturated heterocycles. The minimum Gasteiger partial charge on any atom is -0.380 e. The first kappa shape index (κ1) is 15.4. The van der Waals surface area contributed by atoms with Crippen LogP contribution < -0.4 is 10.6 Å². The molecule has 1 fully saturated rings. The molecule has 1 aliphatic rings. The summed E-state index contributed by atoms with van der Waals surface area (Å²) >= 11 is 0. The van der Waals surface area contributed by atoms with Crippen molar-refractivity contribution in [2.75, 3.05) is 20.2 Å². The highest BCUT2D eigenvalue weighted by Crippen LogP contribution is 2.12. The molecular weight excluding hydrogens is 274 g/mol. The van der Waals surface area contributed by atoms with Crippen molar-refractivity contribution >= 4 is 11.6 Å². The maximum absolute atomic E-state index is 11.9. The van der Waals surface area contributed by atoms with Gasteiger partial charge in [-0.3, -0.25) is 14.9 Å². The molecule has 2 atom stereocenters. The molecule has 2 unspecified atom stereocenters. The number of nitrogens with zero attached hydrogens (tertiary/aromatic N) is 1. The molecule has 0 spiro atoms. The second-order valence-corrected chi connectivity index (χ2v) is 5.02. The summed E-state index contributed by atoms with van der Waals surface area (Å²) < 4.78 is 5.20. The molecule has 0 bridgehead atoms. The Kier molecular flexibility index (Phi) is 5.24. The molecule has 114 valence electrons. The van der Waals surface area contributed by atoms with Gasteiger partial charge in [0, 0.05) is 32.3 Å². The van der Waals surface area contributed by atoms with Gasteiger partial charge < -0.3 is 15.4 Å². The number of rotatable bonds is 6. The van der Waals surface area contributed by atoms with Crippen molar-refractivity contribution in [1.29, 1.82) is 0 Å². The van der Waals surface area contributed by atoms with Crippen LogP contribution in [-0.2, 0) is 16.0 Å². The quantitative estimate of drug-likeness (QED) is 0.592. The van der Waals surface area contributed by atoms with Crippen LogP contribution in [0, 0.1) is 10.1 Å². The Morgan fingerprint density at radius 3 is 2.76 bits per heavy atom. The Morgan fingerprint density at radius 2 is 2.19 bits per heavy atom. The number of non-ortho nitro benzene ring substituents is 1. The zero-order chi connectivity index (χ0) is 15.2. The fraction of sp³-hybridized carbons (Fsp3) is 0.500. The summed E-state index contributed by atoms with van der Waals surface area (Å²) in [6, 6.07) is 6.15. The first-order chi connectivity index (χ1) is 10.1. The number of ether oxygens (including phenoxy) is 1. The van der Waals surface area contributed by atoms with E-state index in [0.29, 0.717) is 25.9 Å². The molecular formula is C14H19N3O4. The van der Waals surface area contributed by atoms with Gasteiger partial charge in [0.2, 0.25) is 5.91 Å². The first-order valence-corrected chi connectivity index (χ1v) is 6.87. The fourth-order valence-electron chi connectivity index (χ4n) is 2.32. The van der Waals surface area contributed by atoms with Crippen molar-refractivity contribution in [3.05, 3.63) is 39.9 Å².